The van der Waals surface area contributed by atoms with E-state index in [2.05, 4.69) is 24.7 Å². The van der Waals surface area contributed by atoms with E-state index < -0.39 is 13.0 Å². The van der Waals surface area contributed by atoms with Gasteiger partial charge in [-0.2, -0.15) is 0 Å². The number of alkyl halides is 3. The van der Waals surface area contributed by atoms with E-state index in [0.717, 1.165) is 5.69 Å². The maximum absolute atomic E-state index is 12.0. The minimum absolute atomic E-state index is 0.392. The average molecular weight is 312 g/mol. The molecule has 0 saturated carbocycles. The van der Waals surface area contributed by atoms with Crippen LogP contribution in [0.15, 0.2) is 12.4 Å². The lowest BCUT2D eigenvalue weighted by molar-refractivity contribution is -0.318. The van der Waals surface area contributed by atoms with E-state index in [1.54, 1.807) is 12.4 Å². The van der Waals surface area contributed by atoms with Crippen LogP contribution in [0.1, 0.15) is 19.0 Å². The van der Waals surface area contributed by atoms with E-state index in [9.17, 15) is 13.2 Å². The minimum atomic E-state index is -4.66. The summed E-state index contributed by atoms with van der Waals surface area (Å²) in [4.78, 5) is 15.6. The molecule has 0 atom stereocenters. The summed E-state index contributed by atoms with van der Waals surface area (Å²) in [7, 11) is 0. The number of ether oxygens (including phenoxy) is 1. The monoisotopic (exact) mass is 312 g/mol. The van der Waals surface area contributed by atoms with E-state index in [1.807, 2.05) is 19.9 Å². The SMILES string of the molecule is CC/C=c1/[nH]c(-c2cnc(C)cn2)n/c1=C/COC(F)(F)F. The number of aryl methyl sites for hydroxylation is 1. The molecule has 0 spiro atoms. The van der Waals surface area contributed by atoms with E-state index >= 15 is 0 Å². The smallest absolute Gasteiger partial charge is 0.337 e. The van der Waals surface area contributed by atoms with Gasteiger partial charge in [-0.15, -0.1) is 13.2 Å². The van der Waals surface area contributed by atoms with Crippen LogP contribution in [0.3, 0.4) is 0 Å². The zero-order chi connectivity index (χ0) is 16.2. The molecule has 0 radical (unpaired) electrons. The van der Waals surface area contributed by atoms with Crippen molar-refractivity contribution < 1.29 is 17.9 Å². The van der Waals surface area contributed by atoms with Crippen LogP contribution in [0.4, 0.5) is 13.2 Å². The van der Waals surface area contributed by atoms with E-state index in [0.29, 0.717) is 28.6 Å². The highest BCUT2D eigenvalue weighted by molar-refractivity contribution is 5.48. The Hall–Kier alpha value is -2.22. The first-order chi connectivity index (χ1) is 10.4. The summed E-state index contributed by atoms with van der Waals surface area (Å²) >= 11 is 0. The van der Waals surface area contributed by atoms with Gasteiger partial charge in [0.05, 0.1) is 29.2 Å². The Morgan fingerprint density at radius 1 is 1.23 bits per heavy atom. The van der Waals surface area contributed by atoms with Gasteiger partial charge < -0.3 is 4.98 Å². The predicted molar refractivity (Wildman–Crippen MR) is 74.8 cm³/mol. The molecule has 8 heteroatoms. The largest absolute Gasteiger partial charge is 0.522 e. The zero-order valence-electron chi connectivity index (χ0n) is 12.1. The lowest BCUT2D eigenvalue weighted by atomic mass is 10.4. The fourth-order valence-corrected chi connectivity index (χ4v) is 1.77. The number of nitrogens with zero attached hydrogens (tertiary/aromatic N) is 3. The van der Waals surface area contributed by atoms with Crippen LogP contribution in [0.25, 0.3) is 23.7 Å². The fraction of sp³-hybridized carbons (Fsp3) is 0.357. The van der Waals surface area contributed by atoms with E-state index in [1.165, 1.54) is 6.08 Å². The van der Waals surface area contributed by atoms with Crippen LogP contribution in [-0.2, 0) is 4.74 Å². The third-order valence-electron chi connectivity index (χ3n) is 2.72. The third-order valence-corrected chi connectivity index (χ3v) is 2.72. The molecule has 0 aliphatic rings. The molecule has 2 aromatic rings. The molecule has 0 aliphatic heterocycles. The third kappa shape index (κ3) is 4.39. The molecule has 2 aromatic heterocycles. The van der Waals surface area contributed by atoms with Gasteiger partial charge in [-0.25, -0.2) is 9.97 Å². The molecule has 0 aliphatic carbocycles. The highest BCUT2D eigenvalue weighted by atomic mass is 19.4. The standard InChI is InChI=1S/C14H15F3N4O/c1-3-4-10-11(5-6-22-14(15,16)17)21-13(20-10)12-8-18-9(2)7-19-12/h4-5,7-8H,3,6H2,1-2H3,(H,20,21)/b10-4+,11-5+. The number of H-pyrrole nitrogens is 1. The van der Waals surface area contributed by atoms with Gasteiger partial charge in [-0.3, -0.25) is 9.72 Å². The van der Waals surface area contributed by atoms with Gasteiger partial charge in [-0.05, 0) is 19.4 Å². The van der Waals surface area contributed by atoms with Gasteiger partial charge in [0.1, 0.15) is 5.69 Å². The molecule has 5 nitrogen and oxygen atoms in total. The first-order valence-corrected chi connectivity index (χ1v) is 6.65. The summed E-state index contributed by atoms with van der Waals surface area (Å²) in [6.45, 7) is 3.13. The van der Waals surface area contributed by atoms with Gasteiger partial charge in [0.25, 0.3) is 0 Å². The Labute approximate surface area is 124 Å². The molecule has 2 rings (SSSR count). The van der Waals surface area contributed by atoms with Gasteiger partial charge in [0.2, 0.25) is 0 Å². The second-order valence-corrected chi connectivity index (χ2v) is 4.50. The van der Waals surface area contributed by atoms with Gasteiger partial charge >= 0.3 is 6.36 Å². The first-order valence-electron chi connectivity index (χ1n) is 6.65. The number of hydrogen-bond acceptors (Lipinski definition) is 4. The summed E-state index contributed by atoms with van der Waals surface area (Å²) in [5, 5.41) is 1.02. The summed E-state index contributed by atoms with van der Waals surface area (Å²) in [5.41, 5.74) is 1.29. The van der Waals surface area contributed by atoms with Crippen LogP contribution in [0.5, 0.6) is 0 Å². The summed E-state index contributed by atoms with van der Waals surface area (Å²) in [6, 6.07) is 0. The second-order valence-electron chi connectivity index (χ2n) is 4.50. The molecule has 2 heterocycles. The molecule has 22 heavy (non-hydrogen) atoms. The highest BCUT2D eigenvalue weighted by Gasteiger charge is 2.28. The van der Waals surface area contributed by atoms with Crippen LogP contribution in [-0.4, -0.2) is 32.9 Å². The Kier molecular flexibility index (Phi) is 4.92. The van der Waals surface area contributed by atoms with Crippen molar-refractivity contribution in [1.82, 2.24) is 19.9 Å². The van der Waals surface area contributed by atoms with Crippen molar-refractivity contribution >= 4 is 12.2 Å². The number of hydrogen-bond donors (Lipinski definition) is 1. The molecular weight excluding hydrogens is 297 g/mol. The van der Waals surface area contributed by atoms with Crippen LogP contribution < -0.4 is 10.7 Å². The molecule has 118 valence electrons. The molecule has 0 aromatic carbocycles. The quantitative estimate of drug-likeness (QED) is 0.933. The summed E-state index contributed by atoms with van der Waals surface area (Å²) < 4.78 is 39.8. The van der Waals surface area contributed by atoms with Crippen LogP contribution >= 0.6 is 0 Å². The fourth-order valence-electron chi connectivity index (χ4n) is 1.77. The maximum Gasteiger partial charge on any atom is 0.522 e. The van der Waals surface area contributed by atoms with E-state index in [4.69, 9.17) is 0 Å². The first kappa shape index (κ1) is 16.2. The highest BCUT2D eigenvalue weighted by Crippen LogP contribution is 2.15. The number of nitrogens with one attached hydrogen (secondary N) is 1. The molecule has 0 unspecified atom stereocenters. The van der Waals surface area contributed by atoms with Crippen molar-refractivity contribution in [2.75, 3.05) is 6.61 Å². The minimum Gasteiger partial charge on any atom is -0.337 e. The zero-order valence-corrected chi connectivity index (χ0v) is 12.1. The molecule has 0 fully saturated rings. The summed E-state index contributed by atoms with van der Waals surface area (Å²) in [5.74, 6) is 0.449. The summed E-state index contributed by atoms with van der Waals surface area (Å²) in [6.07, 6.45) is 2.31. The molecule has 0 bridgehead atoms. The number of aromatic nitrogens is 4. The molecule has 1 N–H and O–H groups in total. The number of rotatable bonds is 4. The van der Waals surface area contributed by atoms with Crippen molar-refractivity contribution in [3.05, 3.63) is 28.8 Å². The van der Waals surface area contributed by atoms with Crippen molar-refractivity contribution in [3.63, 3.8) is 0 Å². The molecule has 0 saturated heterocycles. The normalized spacial score (nSPS) is 13.9. The van der Waals surface area contributed by atoms with Crippen molar-refractivity contribution in [2.24, 2.45) is 0 Å². The van der Waals surface area contributed by atoms with Crippen molar-refractivity contribution in [2.45, 2.75) is 26.6 Å². The number of aromatic amines is 1. The average Bonchev–Trinajstić information content (AvgIpc) is 2.82. The number of halogens is 3. The lowest BCUT2D eigenvalue weighted by Gasteiger charge is -2.02. The predicted octanol–water partition coefficient (Wildman–Crippen LogP) is 1.68. The van der Waals surface area contributed by atoms with E-state index in [-0.39, 0.29) is 0 Å². The Morgan fingerprint density at radius 2 is 2.00 bits per heavy atom. The van der Waals surface area contributed by atoms with Crippen LogP contribution in [0, 0.1) is 6.92 Å². The Balaban J connectivity index is 2.36. The number of imidazole rings is 1. The Bertz CT molecular complexity index is 735. The molecular formula is C14H15F3N4O. The Morgan fingerprint density at radius 3 is 2.59 bits per heavy atom. The topological polar surface area (TPSA) is 63.7 Å². The second kappa shape index (κ2) is 6.69. The lowest BCUT2D eigenvalue weighted by Crippen LogP contribution is -2.25. The van der Waals surface area contributed by atoms with Crippen molar-refractivity contribution in [3.8, 4) is 11.5 Å². The maximum atomic E-state index is 12.0. The van der Waals surface area contributed by atoms with Crippen LogP contribution in [0.2, 0.25) is 0 Å². The van der Waals surface area contributed by atoms with Crippen molar-refractivity contribution in [1.29, 1.82) is 0 Å². The van der Waals surface area contributed by atoms with Gasteiger partial charge in [0, 0.05) is 6.20 Å². The molecule has 0 amide bonds. The van der Waals surface area contributed by atoms with Gasteiger partial charge in [-0.1, -0.05) is 13.0 Å². The van der Waals surface area contributed by atoms with Gasteiger partial charge in [0.15, 0.2) is 5.82 Å².